The molecular formula is C21H23N3O3. The van der Waals surface area contributed by atoms with Crippen molar-refractivity contribution in [3.63, 3.8) is 0 Å². The predicted molar refractivity (Wildman–Crippen MR) is 106 cm³/mol. The van der Waals surface area contributed by atoms with Crippen molar-refractivity contribution >= 4 is 29.5 Å². The molecule has 0 bridgehead atoms. The molecule has 0 aliphatic carbocycles. The third-order valence-corrected chi connectivity index (χ3v) is 4.48. The van der Waals surface area contributed by atoms with Crippen LogP contribution < -0.4 is 10.2 Å². The van der Waals surface area contributed by atoms with Crippen LogP contribution in [0.15, 0.2) is 48.7 Å². The molecule has 6 heteroatoms. The first-order valence-corrected chi connectivity index (χ1v) is 9.04. The minimum Gasteiger partial charge on any atom is -0.465 e. The first kappa shape index (κ1) is 18.6. The summed E-state index contributed by atoms with van der Waals surface area (Å²) >= 11 is 0. The van der Waals surface area contributed by atoms with Gasteiger partial charge in [-0.2, -0.15) is 0 Å². The van der Waals surface area contributed by atoms with Crippen molar-refractivity contribution in [1.29, 1.82) is 0 Å². The molecule has 0 spiro atoms. The van der Waals surface area contributed by atoms with E-state index in [4.69, 9.17) is 0 Å². The van der Waals surface area contributed by atoms with Crippen LogP contribution in [0.1, 0.15) is 35.2 Å². The molecule has 1 amide bonds. The lowest BCUT2D eigenvalue weighted by Gasteiger charge is -2.28. The van der Waals surface area contributed by atoms with Gasteiger partial charge in [0, 0.05) is 19.2 Å². The van der Waals surface area contributed by atoms with Crippen molar-refractivity contribution in [1.82, 2.24) is 4.98 Å². The van der Waals surface area contributed by atoms with E-state index in [-0.39, 0.29) is 11.9 Å². The van der Waals surface area contributed by atoms with E-state index in [2.05, 4.69) is 19.9 Å². The van der Waals surface area contributed by atoms with Crippen molar-refractivity contribution < 1.29 is 14.3 Å². The molecule has 2 heterocycles. The molecule has 0 unspecified atom stereocenters. The zero-order valence-corrected chi connectivity index (χ0v) is 15.4. The van der Waals surface area contributed by atoms with Gasteiger partial charge in [-0.15, -0.1) is 0 Å². The predicted octanol–water partition coefficient (Wildman–Crippen LogP) is 3.51. The minimum absolute atomic E-state index is 0.259. The average molecular weight is 365 g/mol. The summed E-state index contributed by atoms with van der Waals surface area (Å²) in [6.45, 7) is 2.12. The number of hydrogen-bond donors (Lipinski definition) is 1. The molecule has 2 aromatic rings. The van der Waals surface area contributed by atoms with Gasteiger partial charge in [-0.1, -0.05) is 12.1 Å². The van der Waals surface area contributed by atoms with Crippen LogP contribution in [0.25, 0.3) is 6.08 Å². The summed E-state index contributed by atoms with van der Waals surface area (Å²) in [4.78, 5) is 30.1. The van der Waals surface area contributed by atoms with E-state index in [0.29, 0.717) is 11.4 Å². The SMILES string of the molecule is COC(=O)c1ccc(C=CC(=O)Nc2ccc(N3CCCCC3)cn2)cc1. The quantitative estimate of drug-likeness (QED) is 0.648. The number of methoxy groups -OCH3 is 1. The van der Waals surface area contributed by atoms with Gasteiger partial charge in [0.15, 0.2) is 0 Å². The number of piperidine rings is 1. The summed E-state index contributed by atoms with van der Waals surface area (Å²) in [7, 11) is 1.34. The van der Waals surface area contributed by atoms with Gasteiger partial charge in [-0.05, 0) is 55.2 Å². The van der Waals surface area contributed by atoms with Crippen molar-refractivity contribution in [3.8, 4) is 0 Å². The Morgan fingerprint density at radius 2 is 1.81 bits per heavy atom. The molecule has 1 aromatic carbocycles. The van der Waals surface area contributed by atoms with E-state index in [1.165, 1.54) is 32.4 Å². The van der Waals surface area contributed by atoms with Crippen LogP contribution in [0.5, 0.6) is 0 Å². The third-order valence-electron chi connectivity index (χ3n) is 4.48. The normalized spacial score (nSPS) is 14.2. The fourth-order valence-corrected chi connectivity index (χ4v) is 2.99. The van der Waals surface area contributed by atoms with Crippen molar-refractivity contribution in [2.45, 2.75) is 19.3 Å². The number of aromatic nitrogens is 1. The van der Waals surface area contributed by atoms with Crippen molar-refractivity contribution in [2.75, 3.05) is 30.4 Å². The number of ether oxygens (including phenoxy) is 1. The highest BCUT2D eigenvalue weighted by Gasteiger charge is 2.11. The van der Waals surface area contributed by atoms with E-state index >= 15 is 0 Å². The van der Waals surface area contributed by atoms with Gasteiger partial charge in [0.05, 0.1) is 24.6 Å². The smallest absolute Gasteiger partial charge is 0.337 e. The lowest BCUT2D eigenvalue weighted by Crippen LogP contribution is -2.29. The number of hydrogen-bond acceptors (Lipinski definition) is 5. The number of rotatable bonds is 5. The highest BCUT2D eigenvalue weighted by atomic mass is 16.5. The molecular weight excluding hydrogens is 342 g/mol. The molecule has 1 aromatic heterocycles. The van der Waals surface area contributed by atoms with Crippen LogP contribution in [0.3, 0.4) is 0 Å². The minimum atomic E-state index is -0.387. The van der Waals surface area contributed by atoms with Gasteiger partial charge in [-0.25, -0.2) is 9.78 Å². The van der Waals surface area contributed by atoms with Crippen LogP contribution in [0.4, 0.5) is 11.5 Å². The van der Waals surface area contributed by atoms with Crippen LogP contribution in [-0.4, -0.2) is 37.1 Å². The summed E-state index contributed by atoms with van der Waals surface area (Å²) in [5.74, 6) is -0.126. The zero-order valence-electron chi connectivity index (χ0n) is 15.4. The Morgan fingerprint density at radius 3 is 2.44 bits per heavy atom. The van der Waals surface area contributed by atoms with Gasteiger partial charge in [0.25, 0.3) is 0 Å². The number of anilines is 2. The van der Waals surface area contributed by atoms with Crippen LogP contribution >= 0.6 is 0 Å². The second kappa shape index (κ2) is 8.98. The monoisotopic (exact) mass is 365 g/mol. The summed E-state index contributed by atoms with van der Waals surface area (Å²) in [5, 5.41) is 2.75. The summed E-state index contributed by atoms with van der Waals surface area (Å²) in [6.07, 6.45) is 8.63. The molecule has 6 nitrogen and oxygen atoms in total. The molecule has 0 saturated carbocycles. The Morgan fingerprint density at radius 1 is 1.07 bits per heavy atom. The Hall–Kier alpha value is -3.15. The van der Waals surface area contributed by atoms with Gasteiger partial charge < -0.3 is 15.0 Å². The number of benzene rings is 1. The van der Waals surface area contributed by atoms with E-state index < -0.39 is 0 Å². The molecule has 27 heavy (non-hydrogen) atoms. The maximum absolute atomic E-state index is 12.1. The number of pyridine rings is 1. The zero-order chi connectivity index (χ0) is 19.1. The lowest BCUT2D eigenvalue weighted by atomic mass is 10.1. The largest absolute Gasteiger partial charge is 0.465 e. The van der Waals surface area contributed by atoms with Gasteiger partial charge in [0.2, 0.25) is 5.91 Å². The summed E-state index contributed by atoms with van der Waals surface area (Å²) in [5.41, 5.74) is 2.37. The topological polar surface area (TPSA) is 71.5 Å². The van der Waals surface area contributed by atoms with Gasteiger partial charge in [0.1, 0.15) is 5.82 Å². The van der Waals surface area contributed by atoms with Gasteiger partial charge >= 0.3 is 5.97 Å². The number of esters is 1. The van der Waals surface area contributed by atoms with E-state index in [1.807, 2.05) is 12.1 Å². The highest BCUT2D eigenvalue weighted by Crippen LogP contribution is 2.20. The molecule has 0 radical (unpaired) electrons. The summed E-state index contributed by atoms with van der Waals surface area (Å²) < 4.78 is 4.66. The second-order valence-electron chi connectivity index (χ2n) is 6.39. The molecule has 1 aliphatic rings. The molecule has 1 saturated heterocycles. The Bertz CT molecular complexity index is 808. The molecule has 1 N–H and O–H groups in total. The van der Waals surface area contributed by atoms with E-state index in [9.17, 15) is 9.59 Å². The van der Waals surface area contributed by atoms with Gasteiger partial charge in [-0.3, -0.25) is 4.79 Å². The van der Waals surface area contributed by atoms with Crippen LogP contribution in [0.2, 0.25) is 0 Å². The fourth-order valence-electron chi connectivity index (χ4n) is 2.99. The molecule has 3 rings (SSSR count). The maximum Gasteiger partial charge on any atom is 0.337 e. The fraction of sp³-hybridized carbons (Fsp3) is 0.286. The van der Waals surface area contributed by atoms with E-state index in [0.717, 1.165) is 24.3 Å². The molecule has 140 valence electrons. The number of amides is 1. The molecule has 0 atom stereocenters. The summed E-state index contributed by atoms with van der Waals surface area (Å²) in [6, 6.07) is 10.6. The number of nitrogens with zero attached hydrogens (tertiary/aromatic N) is 2. The van der Waals surface area contributed by atoms with Crippen LogP contribution in [-0.2, 0) is 9.53 Å². The lowest BCUT2D eigenvalue weighted by molar-refractivity contribution is -0.111. The average Bonchev–Trinajstić information content (AvgIpc) is 2.73. The Kier molecular flexibility index (Phi) is 6.20. The number of carbonyl (C=O) groups is 2. The molecule has 1 aliphatic heterocycles. The Labute approximate surface area is 158 Å². The number of carbonyl (C=O) groups excluding carboxylic acids is 2. The maximum atomic E-state index is 12.1. The van der Waals surface area contributed by atoms with E-state index in [1.54, 1.807) is 36.5 Å². The number of nitrogens with one attached hydrogen (secondary N) is 1. The first-order valence-electron chi connectivity index (χ1n) is 9.04. The van der Waals surface area contributed by atoms with Crippen molar-refractivity contribution in [2.24, 2.45) is 0 Å². The standard InChI is InChI=1S/C21H23N3O3/c1-27-21(26)17-8-5-16(6-9-17)7-12-20(25)23-19-11-10-18(15-22-19)24-13-3-2-4-14-24/h5-12,15H,2-4,13-14H2,1H3,(H,22,23,25). The Balaban J connectivity index is 1.55. The first-order chi connectivity index (χ1) is 13.2. The third kappa shape index (κ3) is 5.17. The second-order valence-corrected chi connectivity index (χ2v) is 6.39. The van der Waals surface area contributed by atoms with Crippen molar-refractivity contribution in [3.05, 3.63) is 59.8 Å². The highest BCUT2D eigenvalue weighted by molar-refractivity contribution is 6.01. The molecule has 1 fully saturated rings. The van der Waals surface area contributed by atoms with Crippen LogP contribution in [0, 0.1) is 0 Å².